The molecule has 25 heavy (non-hydrogen) atoms. The standard InChI is InChI=1S/C19H21Cl2N3O/c1-14(17-4-3-16(20)13-18(17)21)23-9-2-10-24(12-11-23)19(25)15-5-7-22-8-6-15/h3-8,13-14H,2,9-12H2,1H3. The van der Waals surface area contributed by atoms with Crippen LogP contribution in [-0.2, 0) is 0 Å². The lowest BCUT2D eigenvalue weighted by Gasteiger charge is -2.28. The number of hydrogen-bond acceptors (Lipinski definition) is 3. The van der Waals surface area contributed by atoms with Crippen LogP contribution < -0.4 is 0 Å². The Morgan fingerprint density at radius 3 is 2.56 bits per heavy atom. The minimum Gasteiger partial charge on any atom is -0.337 e. The lowest BCUT2D eigenvalue weighted by atomic mass is 10.1. The van der Waals surface area contributed by atoms with Crippen molar-refractivity contribution in [3.63, 3.8) is 0 Å². The molecule has 1 saturated heterocycles. The Morgan fingerprint density at radius 2 is 1.84 bits per heavy atom. The summed E-state index contributed by atoms with van der Waals surface area (Å²) in [7, 11) is 0. The van der Waals surface area contributed by atoms with Gasteiger partial charge in [-0.3, -0.25) is 14.7 Å². The van der Waals surface area contributed by atoms with Gasteiger partial charge < -0.3 is 4.90 Å². The molecule has 6 heteroatoms. The van der Waals surface area contributed by atoms with Gasteiger partial charge in [0.05, 0.1) is 0 Å². The van der Waals surface area contributed by atoms with Gasteiger partial charge in [-0.15, -0.1) is 0 Å². The molecule has 1 amide bonds. The maximum Gasteiger partial charge on any atom is 0.254 e. The number of halogens is 2. The second kappa shape index (κ2) is 8.17. The lowest BCUT2D eigenvalue weighted by Crippen LogP contribution is -2.36. The number of aromatic nitrogens is 1. The van der Waals surface area contributed by atoms with Gasteiger partial charge in [0.2, 0.25) is 0 Å². The minimum absolute atomic E-state index is 0.0708. The Hall–Kier alpha value is -1.62. The van der Waals surface area contributed by atoms with Gasteiger partial charge in [-0.1, -0.05) is 29.3 Å². The second-order valence-electron chi connectivity index (χ2n) is 6.26. The summed E-state index contributed by atoms with van der Waals surface area (Å²) in [6.45, 7) is 5.36. The van der Waals surface area contributed by atoms with Crippen molar-refractivity contribution in [3.05, 3.63) is 63.9 Å². The number of carbonyl (C=O) groups is 1. The maximum atomic E-state index is 12.6. The van der Waals surface area contributed by atoms with Gasteiger partial charge in [0.1, 0.15) is 0 Å². The molecular formula is C19H21Cl2N3O. The molecule has 0 N–H and O–H groups in total. The van der Waals surface area contributed by atoms with Crippen LogP contribution in [0.15, 0.2) is 42.7 Å². The summed E-state index contributed by atoms with van der Waals surface area (Å²) in [5.74, 6) is 0.0708. The fraction of sp³-hybridized carbons (Fsp3) is 0.368. The van der Waals surface area contributed by atoms with Gasteiger partial charge >= 0.3 is 0 Å². The van der Waals surface area contributed by atoms with E-state index in [1.54, 1.807) is 30.6 Å². The molecule has 0 aliphatic carbocycles. The summed E-state index contributed by atoms with van der Waals surface area (Å²) in [5, 5.41) is 1.33. The predicted octanol–water partition coefficient (Wildman–Crippen LogP) is 4.30. The first-order valence-electron chi connectivity index (χ1n) is 8.44. The Bertz CT molecular complexity index is 739. The number of carbonyl (C=O) groups excluding carboxylic acids is 1. The topological polar surface area (TPSA) is 36.4 Å². The van der Waals surface area contributed by atoms with Gasteiger partial charge in [0.15, 0.2) is 0 Å². The molecule has 1 aliphatic heterocycles. The van der Waals surface area contributed by atoms with Crippen LogP contribution in [0.3, 0.4) is 0 Å². The molecular weight excluding hydrogens is 357 g/mol. The van der Waals surface area contributed by atoms with Crippen molar-refractivity contribution in [2.45, 2.75) is 19.4 Å². The quantitative estimate of drug-likeness (QED) is 0.799. The number of amides is 1. The average molecular weight is 378 g/mol. The third kappa shape index (κ3) is 4.32. The van der Waals surface area contributed by atoms with Crippen LogP contribution in [-0.4, -0.2) is 46.9 Å². The molecule has 1 fully saturated rings. The fourth-order valence-corrected chi connectivity index (χ4v) is 3.81. The van der Waals surface area contributed by atoms with E-state index in [4.69, 9.17) is 23.2 Å². The largest absolute Gasteiger partial charge is 0.337 e. The maximum absolute atomic E-state index is 12.6. The normalized spacial score (nSPS) is 17.2. The van der Waals surface area contributed by atoms with Crippen LogP contribution >= 0.6 is 23.2 Å². The van der Waals surface area contributed by atoms with E-state index >= 15 is 0 Å². The number of nitrogens with zero attached hydrogens (tertiary/aromatic N) is 3. The SMILES string of the molecule is CC(c1ccc(Cl)cc1Cl)N1CCCN(C(=O)c2ccncc2)CC1. The first-order valence-corrected chi connectivity index (χ1v) is 9.20. The molecule has 1 atom stereocenters. The first-order chi connectivity index (χ1) is 12.1. The number of hydrogen-bond donors (Lipinski definition) is 0. The zero-order valence-electron chi connectivity index (χ0n) is 14.2. The van der Waals surface area contributed by atoms with Crippen LogP contribution in [0.1, 0.15) is 35.3 Å². The molecule has 0 radical (unpaired) electrons. The first kappa shape index (κ1) is 18.2. The lowest BCUT2D eigenvalue weighted by molar-refractivity contribution is 0.0758. The summed E-state index contributed by atoms with van der Waals surface area (Å²) >= 11 is 12.4. The van der Waals surface area contributed by atoms with Crippen LogP contribution in [0.5, 0.6) is 0 Å². The fourth-order valence-electron chi connectivity index (χ4n) is 3.24. The third-order valence-electron chi connectivity index (χ3n) is 4.71. The third-order valence-corrected chi connectivity index (χ3v) is 5.27. The summed E-state index contributed by atoms with van der Waals surface area (Å²) in [6.07, 6.45) is 4.25. The Morgan fingerprint density at radius 1 is 1.08 bits per heavy atom. The van der Waals surface area contributed by atoms with Crippen molar-refractivity contribution in [1.82, 2.24) is 14.8 Å². The molecule has 2 heterocycles. The molecule has 1 unspecified atom stereocenters. The number of benzene rings is 1. The van der Waals surface area contributed by atoms with Crippen molar-refractivity contribution in [2.24, 2.45) is 0 Å². The van der Waals surface area contributed by atoms with E-state index < -0.39 is 0 Å². The molecule has 1 aromatic heterocycles. The van der Waals surface area contributed by atoms with Crippen molar-refractivity contribution < 1.29 is 4.79 Å². The Balaban J connectivity index is 1.68. The smallest absolute Gasteiger partial charge is 0.254 e. The van der Waals surface area contributed by atoms with Crippen LogP contribution in [0.4, 0.5) is 0 Å². The molecule has 1 aromatic carbocycles. The van der Waals surface area contributed by atoms with E-state index in [0.29, 0.717) is 22.2 Å². The Kier molecular flexibility index (Phi) is 5.94. The summed E-state index contributed by atoms with van der Waals surface area (Å²) in [4.78, 5) is 20.9. The highest BCUT2D eigenvalue weighted by Crippen LogP contribution is 2.30. The molecule has 4 nitrogen and oxygen atoms in total. The van der Waals surface area contributed by atoms with Gasteiger partial charge in [-0.25, -0.2) is 0 Å². The second-order valence-corrected chi connectivity index (χ2v) is 7.10. The monoisotopic (exact) mass is 377 g/mol. The van der Waals surface area contributed by atoms with E-state index in [0.717, 1.165) is 31.6 Å². The molecule has 132 valence electrons. The summed E-state index contributed by atoms with van der Waals surface area (Å²) in [6, 6.07) is 9.35. The van der Waals surface area contributed by atoms with Crippen LogP contribution in [0.25, 0.3) is 0 Å². The van der Waals surface area contributed by atoms with E-state index in [1.807, 2.05) is 17.0 Å². The van der Waals surface area contributed by atoms with E-state index in [9.17, 15) is 4.79 Å². The molecule has 3 rings (SSSR count). The highest BCUT2D eigenvalue weighted by molar-refractivity contribution is 6.35. The zero-order chi connectivity index (χ0) is 17.8. The zero-order valence-corrected chi connectivity index (χ0v) is 15.7. The molecule has 0 spiro atoms. The van der Waals surface area contributed by atoms with Gasteiger partial charge in [-0.05, 0) is 43.2 Å². The van der Waals surface area contributed by atoms with Crippen LogP contribution in [0, 0.1) is 0 Å². The molecule has 0 bridgehead atoms. The van der Waals surface area contributed by atoms with Crippen molar-refractivity contribution >= 4 is 29.1 Å². The Labute approximate surface area is 158 Å². The van der Waals surface area contributed by atoms with Crippen LogP contribution in [0.2, 0.25) is 10.0 Å². The van der Waals surface area contributed by atoms with E-state index in [1.165, 1.54) is 0 Å². The predicted molar refractivity (Wildman–Crippen MR) is 101 cm³/mol. The van der Waals surface area contributed by atoms with E-state index in [2.05, 4.69) is 16.8 Å². The molecule has 1 aliphatic rings. The summed E-state index contributed by atoms with van der Waals surface area (Å²) < 4.78 is 0. The highest BCUT2D eigenvalue weighted by atomic mass is 35.5. The number of pyridine rings is 1. The van der Waals surface area contributed by atoms with Crippen molar-refractivity contribution in [1.29, 1.82) is 0 Å². The highest BCUT2D eigenvalue weighted by Gasteiger charge is 2.24. The number of rotatable bonds is 3. The van der Waals surface area contributed by atoms with Crippen molar-refractivity contribution in [2.75, 3.05) is 26.2 Å². The van der Waals surface area contributed by atoms with Gasteiger partial charge in [0, 0.05) is 60.2 Å². The average Bonchev–Trinajstić information content (AvgIpc) is 2.87. The summed E-state index contributed by atoms with van der Waals surface area (Å²) in [5.41, 5.74) is 1.76. The molecule has 2 aromatic rings. The van der Waals surface area contributed by atoms with Crippen molar-refractivity contribution in [3.8, 4) is 0 Å². The van der Waals surface area contributed by atoms with E-state index in [-0.39, 0.29) is 11.9 Å². The van der Waals surface area contributed by atoms with Gasteiger partial charge in [-0.2, -0.15) is 0 Å². The molecule has 0 saturated carbocycles. The van der Waals surface area contributed by atoms with Gasteiger partial charge in [0.25, 0.3) is 5.91 Å². The minimum atomic E-state index is 0.0708.